The summed E-state index contributed by atoms with van der Waals surface area (Å²) < 4.78 is 1.69. The number of carbonyl (C=O) groups is 1. The number of hydrogen-bond acceptors (Lipinski definition) is 4. The molecule has 1 fully saturated rings. The van der Waals surface area contributed by atoms with Gasteiger partial charge in [0.05, 0.1) is 15.7 Å². The van der Waals surface area contributed by atoms with Crippen LogP contribution in [0.15, 0.2) is 36.7 Å². The molecule has 3 aromatic heterocycles. The van der Waals surface area contributed by atoms with Gasteiger partial charge in [-0.3, -0.25) is 9.20 Å². The van der Waals surface area contributed by atoms with E-state index in [9.17, 15) is 4.79 Å². The molecule has 134 valence electrons. The quantitative estimate of drug-likeness (QED) is 0.674. The van der Waals surface area contributed by atoms with Gasteiger partial charge >= 0.3 is 0 Å². The summed E-state index contributed by atoms with van der Waals surface area (Å²) in [5.41, 5.74) is 1.70. The van der Waals surface area contributed by atoms with Crippen LogP contribution < -0.4 is 4.90 Å². The van der Waals surface area contributed by atoms with Gasteiger partial charge in [-0.2, -0.15) is 0 Å². The van der Waals surface area contributed by atoms with E-state index in [1.165, 1.54) is 0 Å². The van der Waals surface area contributed by atoms with Crippen molar-refractivity contribution in [3.8, 4) is 0 Å². The van der Waals surface area contributed by atoms with E-state index in [0.29, 0.717) is 40.2 Å². The molecule has 3 aromatic rings. The van der Waals surface area contributed by atoms with Crippen LogP contribution in [-0.4, -0.2) is 51.4 Å². The van der Waals surface area contributed by atoms with E-state index < -0.39 is 0 Å². The number of aromatic nitrogens is 3. The highest BCUT2D eigenvalue weighted by Gasteiger charge is 2.27. The lowest BCUT2D eigenvalue weighted by atomic mass is 10.2. The molecule has 0 aromatic carbocycles. The van der Waals surface area contributed by atoms with E-state index >= 15 is 0 Å². The third kappa shape index (κ3) is 2.99. The zero-order chi connectivity index (χ0) is 18.3. The Balaban J connectivity index is 1.58. The molecule has 6 nitrogen and oxygen atoms in total. The standard InChI is InChI=1S/C18H17Cl2N5O/c1-12-16(25-11-13(19)10-14(20)17(25)22-12)18(26)24-8-6-23(7-9-24)15-4-2-3-5-21-15/h2-5,10-11H,6-9H2,1H3. The smallest absolute Gasteiger partial charge is 0.272 e. The minimum atomic E-state index is -0.0611. The van der Waals surface area contributed by atoms with Crippen molar-refractivity contribution < 1.29 is 4.79 Å². The minimum Gasteiger partial charge on any atom is -0.353 e. The van der Waals surface area contributed by atoms with Crippen molar-refractivity contribution in [3.63, 3.8) is 0 Å². The molecule has 0 aliphatic carbocycles. The number of anilines is 1. The van der Waals surface area contributed by atoms with E-state index in [2.05, 4.69) is 14.9 Å². The first kappa shape index (κ1) is 17.1. The van der Waals surface area contributed by atoms with Gasteiger partial charge in [0.15, 0.2) is 5.65 Å². The summed E-state index contributed by atoms with van der Waals surface area (Å²) in [5, 5.41) is 0.897. The van der Waals surface area contributed by atoms with Crippen molar-refractivity contribution in [2.24, 2.45) is 0 Å². The summed E-state index contributed by atoms with van der Waals surface area (Å²) in [7, 11) is 0. The van der Waals surface area contributed by atoms with Gasteiger partial charge < -0.3 is 9.80 Å². The molecular formula is C18H17Cl2N5O. The number of nitrogens with zero attached hydrogens (tertiary/aromatic N) is 5. The normalized spacial score (nSPS) is 14.9. The molecule has 1 aliphatic heterocycles. The Hall–Kier alpha value is -2.31. The molecule has 0 radical (unpaired) electrons. The maximum Gasteiger partial charge on any atom is 0.272 e. The largest absolute Gasteiger partial charge is 0.353 e. The Morgan fingerprint density at radius 1 is 1.15 bits per heavy atom. The molecule has 4 heterocycles. The number of pyridine rings is 2. The van der Waals surface area contributed by atoms with Crippen LogP contribution in [0.2, 0.25) is 10.0 Å². The van der Waals surface area contributed by atoms with Crippen molar-refractivity contribution in [2.45, 2.75) is 6.92 Å². The fraction of sp³-hybridized carbons (Fsp3) is 0.278. The van der Waals surface area contributed by atoms with Crippen molar-refractivity contribution in [1.29, 1.82) is 0 Å². The number of aryl methyl sites for hydroxylation is 1. The van der Waals surface area contributed by atoms with Crippen molar-refractivity contribution in [3.05, 3.63) is 58.1 Å². The van der Waals surface area contributed by atoms with Crippen molar-refractivity contribution >= 4 is 40.6 Å². The van der Waals surface area contributed by atoms with E-state index in [1.807, 2.05) is 30.0 Å². The van der Waals surface area contributed by atoms with Crippen molar-refractivity contribution in [1.82, 2.24) is 19.3 Å². The number of rotatable bonds is 2. The van der Waals surface area contributed by atoms with Crippen LogP contribution in [0.5, 0.6) is 0 Å². The number of amides is 1. The molecule has 1 amide bonds. The molecule has 0 atom stereocenters. The monoisotopic (exact) mass is 389 g/mol. The Kier molecular flexibility index (Phi) is 4.46. The van der Waals surface area contributed by atoms with Gasteiger partial charge in [-0.05, 0) is 25.1 Å². The average Bonchev–Trinajstić information content (AvgIpc) is 2.98. The molecule has 8 heteroatoms. The lowest BCUT2D eigenvalue weighted by molar-refractivity contribution is 0.0738. The summed E-state index contributed by atoms with van der Waals surface area (Å²) in [6.45, 7) is 4.53. The van der Waals surface area contributed by atoms with Crippen LogP contribution >= 0.6 is 23.2 Å². The van der Waals surface area contributed by atoms with Gasteiger partial charge in [0.25, 0.3) is 5.91 Å². The minimum absolute atomic E-state index is 0.0611. The van der Waals surface area contributed by atoms with E-state index in [1.54, 1.807) is 22.9 Å². The average molecular weight is 390 g/mol. The van der Waals surface area contributed by atoms with E-state index in [0.717, 1.165) is 18.9 Å². The summed E-state index contributed by atoms with van der Waals surface area (Å²) in [6.07, 6.45) is 3.46. The lowest BCUT2D eigenvalue weighted by Crippen LogP contribution is -2.49. The molecule has 4 rings (SSSR count). The van der Waals surface area contributed by atoms with Gasteiger partial charge in [0.2, 0.25) is 0 Å². The molecule has 0 bridgehead atoms. The van der Waals surface area contributed by atoms with Gasteiger partial charge in [0.1, 0.15) is 11.5 Å². The van der Waals surface area contributed by atoms with Crippen LogP contribution in [0.4, 0.5) is 5.82 Å². The summed E-state index contributed by atoms with van der Waals surface area (Å²) >= 11 is 12.3. The molecule has 0 spiro atoms. The second kappa shape index (κ2) is 6.78. The maximum absolute atomic E-state index is 13.1. The molecule has 0 saturated carbocycles. The molecule has 26 heavy (non-hydrogen) atoms. The summed E-state index contributed by atoms with van der Waals surface area (Å²) in [5.74, 6) is 0.873. The number of piperazine rings is 1. The molecular weight excluding hydrogens is 373 g/mol. The molecule has 0 unspecified atom stereocenters. The first-order valence-corrected chi connectivity index (χ1v) is 9.09. The van der Waals surface area contributed by atoms with Gasteiger partial charge in [-0.25, -0.2) is 9.97 Å². The first-order chi connectivity index (χ1) is 12.5. The fourth-order valence-corrected chi connectivity index (χ4v) is 3.79. The van der Waals surface area contributed by atoms with Gasteiger partial charge in [-0.15, -0.1) is 0 Å². The Bertz CT molecular complexity index is 965. The highest BCUT2D eigenvalue weighted by molar-refractivity contribution is 6.36. The predicted molar refractivity (Wildman–Crippen MR) is 102 cm³/mol. The highest BCUT2D eigenvalue weighted by Crippen LogP contribution is 2.25. The Morgan fingerprint density at radius 3 is 2.62 bits per heavy atom. The second-order valence-corrected chi connectivity index (χ2v) is 7.06. The number of hydrogen-bond donors (Lipinski definition) is 0. The fourth-order valence-electron chi connectivity index (χ4n) is 3.27. The van der Waals surface area contributed by atoms with Gasteiger partial charge in [-0.1, -0.05) is 29.3 Å². The number of fused-ring (bicyclic) bond motifs is 1. The highest BCUT2D eigenvalue weighted by atomic mass is 35.5. The van der Waals surface area contributed by atoms with Crippen LogP contribution in [0.25, 0.3) is 5.65 Å². The van der Waals surface area contributed by atoms with Gasteiger partial charge in [0, 0.05) is 38.6 Å². The topological polar surface area (TPSA) is 53.7 Å². The van der Waals surface area contributed by atoms with Crippen molar-refractivity contribution in [2.75, 3.05) is 31.1 Å². The first-order valence-electron chi connectivity index (χ1n) is 8.33. The van der Waals surface area contributed by atoms with Crippen LogP contribution in [0.1, 0.15) is 16.2 Å². The second-order valence-electron chi connectivity index (χ2n) is 6.21. The van der Waals surface area contributed by atoms with Crippen LogP contribution in [-0.2, 0) is 0 Å². The van der Waals surface area contributed by atoms with E-state index in [4.69, 9.17) is 23.2 Å². The number of imidazole rings is 1. The summed E-state index contributed by atoms with van der Waals surface area (Å²) in [4.78, 5) is 25.9. The maximum atomic E-state index is 13.1. The number of carbonyl (C=O) groups excluding carboxylic acids is 1. The lowest BCUT2D eigenvalue weighted by Gasteiger charge is -2.35. The Morgan fingerprint density at radius 2 is 1.92 bits per heavy atom. The predicted octanol–water partition coefficient (Wildman–Crippen LogP) is 3.31. The molecule has 1 aliphatic rings. The Labute approximate surface area is 161 Å². The van der Waals surface area contributed by atoms with E-state index in [-0.39, 0.29) is 5.91 Å². The molecule has 0 N–H and O–H groups in total. The third-order valence-corrected chi connectivity index (χ3v) is 5.04. The van der Waals surface area contributed by atoms with Crippen LogP contribution in [0, 0.1) is 6.92 Å². The molecule has 1 saturated heterocycles. The zero-order valence-corrected chi connectivity index (χ0v) is 15.7. The summed E-state index contributed by atoms with van der Waals surface area (Å²) in [6, 6.07) is 7.48. The number of halogens is 2. The SMILES string of the molecule is Cc1nc2c(Cl)cc(Cl)cn2c1C(=O)N1CCN(c2ccccn2)CC1. The zero-order valence-electron chi connectivity index (χ0n) is 14.2. The van der Waals surface area contributed by atoms with Crippen LogP contribution in [0.3, 0.4) is 0 Å². The third-order valence-electron chi connectivity index (χ3n) is 4.56.